The molecule has 3 aromatic rings. The van der Waals surface area contributed by atoms with Gasteiger partial charge in [-0.2, -0.15) is 13.9 Å². The van der Waals surface area contributed by atoms with Crippen LogP contribution in [0, 0.1) is 5.92 Å². The van der Waals surface area contributed by atoms with Gasteiger partial charge in [0, 0.05) is 36.0 Å². The number of halogens is 2. The molecule has 3 N–H and O–H groups in total. The molecule has 2 atom stereocenters. The van der Waals surface area contributed by atoms with Crippen LogP contribution in [0.15, 0.2) is 42.7 Å². The van der Waals surface area contributed by atoms with Gasteiger partial charge in [-0.3, -0.25) is 0 Å². The Bertz CT molecular complexity index is 1060. The van der Waals surface area contributed by atoms with Crippen LogP contribution in [0.3, 0.4) is 0 Å². The fourth-order valence-corrected chi connectivity index (χ4v) is 4.89. The minimum atomic E-state index is -2.70. The molecule has 2 unspecified atom stereocenters. The number of aromatic hydroxyl groups is 1. The minimum Gasteiger partial charge on any atom is -0.507 e. The first-order chi connectivity index (χ1) is 15.5. The van der Waals surface area contributed by atoms with Crippen molar-refractivity contribution >= 4 is 5.82 Å². The molecule has 0 amide bonds. The molecule has 0 saturated carbocycles. The predicted molar refractivity (Wildman–Crippen MR) is 117 cm³/mol. The molecule has 168 valence electrons. The minimum absolute atomic E-state index is 0.00329. The number of hydrogen-bond donors (Lipinski definition) is 3. The Balaban J connectivity index is 1.23. The second-order valence-electron chi connectivity index (χ2n) is 8.73. The van der Waals surface area contributed by atoms with E-state index < -0.39 is 6.55 Å². The third-order valence-electron chi connectivity index (χ3n) is 6.46. The molecule has 5 rings (SSSR count). The van der Waals surface area contributed by atoms with Gasteiger partial charge < -0.3 is 15.7 Å². The monoisotopic (exact) mass is 440 g/mol. The number of hydrogen-bond acceptors (Lipinski definition) is 6. The number of aromatic nitrogens is 4. The zero-order valence-electron chi connectivity index (χ0n) is 17.6. The van der Waals surface area contributed by atoms with E-state index in [4.69, 9.17) is 0 Å². The number of nitrogens with zero attached hydrogens (tertiary/aromatic N) is 4. The average molecular weight is 440 g/mol. The summed E-state index contributed by atoms with van der Waals surface area (Å²) in [5.74, 6) is 1.36. The molecule has 1 aromatic carbocycles. The molecular formula is C23H26F2N6O. The lowest BCUT2D eigenvalue weighted by atomic mass is 9.80. The van der Waals surface area contributed by atoms with Gasteiger partial charge in [0.05, 0.1) is 11.9 Å². The first-order valence-electron chi connectivity index (χ1n) is 11.0. The Morgan fingerprint density at radius 3 is 2.56 bits per heavy atom. The Hall–Kier alpha value is -3.07. The number of benzene rings is 1. The van der Waals surface area contributed by atoms with E-state index in [-0.39, 0.29) is 5.75 Å². The number of nitrogens with one attached hydrogen (secondary N) is 2. The molecule has 2 aliphatic rings. The molecule has 0 aliphatic carbocycles. The van der Waals surface area contributed by atoms with Crippen molar-refractivity contribution in [3.05, 3.63) is 42.7 Å². The summed E-state index contributed by atoms with van der Waals surface area (Å²) in [5, 5.41) is 29.8. The number of piperidine rings is 2. The standard InChI is InChI=1S/C23H26F2N6O/c24-23(25)31-13-16(12-27-31)15-4-5-19(21(32)10-15)20-6-7-22(30-29-20)26-11-14-8-17-2-1-3-18(9-14)28-17/h4-7,10,12-14,17-18,23,28,32H,1-3,8-9,11H2,(H,26,30). The Morgan fingerprint density at radius 1 is 1.09 bits per heavy atom. The third kappa shape index (κ3) is 4.43. The van der Waals surface area contributed by atoms with Crippen molar-refractivity contribution < 1.29 is 13.9 Å². The van der Waals surface area contributed by atoms with Crippen LogP contribution in [0.5, 0.6) is 5.75 Å². The number of phenolic OH excluding ortho intramolecular Hbond substituents is 1. The van der Waals surface area contributed by atoms with E-state index >= 15 is 0 Å². The topological polar surface area (TPSA) is 87.9 Å². The molecule has 0 spiro atoms. The fourth-order valence-electron chi connectivity index (χ4n) is 4.89. The first-order valence-corrected chi connectivity index (χ1v) is 11.0. The van der Waals surface area contributed by atoms with Gasteiger partial charge in [-0.1, -0.05) is 12.5 Å². The molecule has 4 heterocycles. The lowest BCUT2D eigenvalue weighted by Gasteiger charge is -2.40. The highest BCUT2D eigenvalue weighted by molar-refractivity contribution is 5.73. The summed E-state index contributed by atoms with van der Waals surface area (Å²) in [6.07, 6.45) is 8.88. The second kappa shape index (κ2) is 8.82. The van der Waals surface area contributed by atoms with Gasteiger partial charge in [-0.15, -0.1) is 10.2 Å². The van der Waals surface area contributed by atoms with Crippen LogP contribution in [0.2, 0.25) is 0 Å². The number of phenols is 1. The molecule has 2 saturated heterocycles. The molecule has 9 heteroatoms. The number of alkyl halides is 2. The van der Waals surface area contributed by atoms with Crippen molar-refractivity contribution in [3.8, 4) is 28.1 Å². The van der Waals surface area contributed by atoms with Gasteiger partial charge in [0.15, 0.2) is 0 Å². The molecular weight excluding hydrogens is 414 g/mol. The smallest absolute Gasteiger partial charge is 0.333 e. The van der Waals surface area contributed by atoms with Crippen LogP contribution >= 0.6 is 0 Å². The van der Waals surface area contributed by atoms with Gasteiger partial charge in [0.1, 0.15) is 11.6 Å². The molecule has 2 bridgehead atoms. The number of anilines is 1. The summed E-state index contributed by atoms with van der Waals surface area (Å²) in [7, 11) is 0. The Kier molecular flexibility index (Phi) is 5.73. The summed E-state index contributed by atoms with van der Waals surface area (Å²) in [6.45, 7) is -1.82. The average Bonchev–Trinajstić information content (AvgIpc) is 3.29. The van der Waals surface area contributed by atoms with Gasteiger partial charge in [0.25, 0.3) is 0 Å². The van der Waals surface area contributed by atoms with E-state index in [2.05, 4.69) is 25.9 Å². The molecule has 32 heavy (non-hydrogen) atoms. The highest BCUT2D eigenvalue weighted by Gasteiger charge is 2.30. The first kappa shape index (κ1) is 20.8. The maximum atomic E-state index is 12.7. The fraction of sp³-hybridized carbons (Fsp3) is 0.435. The van der Waals surface area contributed by atoms with Crippen LogP contribution in [0.25, 0.3) is 22.4 Å². The van der Waals surface area contributed by atoms with Crippen molar-refractivity contribution in [2.24, 2.45) is 5.92 Å². The van der Waals surface area contributed by atoms with Crippen LogP contribution in [0.4, 0.5) is 14.6 Å². The summed E-state index contributed by atoms with van der Waals surface area (Å²) in [5.41, 5.74) is 2.16. The zero-order valence-corrected chi connectivity index (χ0v) is 17.6. The van der Waals surface area contributed by atoms with Crippen molar-refractivity contribution in [1.82, 2.24) is 25.3 Å². The lowest BCUT2D eigenvalue weighted by Crippen LogP contribution is -2.49. The summed E-state index contributed by atoms with van der Waals surface area (Å²) >= 11 is 0. The van der Waals surface area contributed by atoms with Crippen molar-refractivity contribution in [2.75, 3.05) is 11.9 Å². The zero-order chi connectivity index (χ0) is 22.1. The second-order valence-corrected chi connectivity index (χ2v) is 8.73. The van der Waals surface area contributed by atoms with E-state index in [1.54, 1.807) is 12.1 Å². The number of rotatable bonds is 6. The largest absolute Gasteiger partial charge is 0.507 e. The maximum absolute atomic E-state index is 12.7. The van der Waals surface area contributed by atoms with E-state index in [9.17, 15) is 13.9 Å². The van der Waals surface area contributed by atoms with Crippen molar-refractivity contribution in [2.45, 2.75) is 50.7 Å². The van der Waals surface area contributed by atoms with Gasteiger partial charge in [0.2, 0.25) is 0 Å². The normalized spacial score (nSPS) is 22.8. The molecule has 2 aliphatic heterocycles. The Morgan fingerprint density at radius 2 is 1.91 bits per heavy atom. The summed E-state index contributed by atoms with van der Waals surface area (Å²) in [4.78, 5) is 0. The van der Waals surface area contributed by atoms with E-state index in [0.717, 1.165) is 6.54 Å². The molecule has 0 radical (unpaired) electrons. The highest BCUT2D eigenvalue weighted by Crippen LogP contribution is 2.33. The molecule has 2 aromatic heterocycles. The quantitative estimate of drug-likeness (QED) is 0.525. The van der Waals surface area contributed by atoms with Crippen LogP contribution < -0.4 is 10.6 Å². The van der Waals surface area contributed by atoms with E-state index in [1.807, 2.05) is 12.1 Å². The molecule has 2 fully saturated rings. The van der Waals surface area contributed by atoms with Crippen LogP contribution in [-0.4, -0.2) is 43.7 Å². The SMILES string of the molecule is Oc1cc(-c2cnn(C(F)F)c2)ccc1-c1ccc(NCC2CC3CCCC(C2)N3)nn1. The lowest BCUT2D eigenvalue weighted by molar-refractivity contribution is 0.0566. The van der Waals surface area contributed by atoms with Crippen molar-refractivity contribution in [3.63, 3.8) is 0 Å². The van der Waals surface area contributed by atoms with Gasteiger partial charge in [-0.25, -0.2) is 4.68 Å². The van der Waals surface area contributed by atoms with Gasteiger partial charge >= 0.3 is 6.55 Å². The summed E-state index contributed by atoms with van der Waals surface area (Å²) in [6, 6.07) is 9.94. The third-order valence-corrected chi connectivity index (χ3v) is 6.46. The van der Waals surface area contributed by atoms with Crippen molar-refractivity contribution in [1.29, 1.82) is 0 Å². The van der Waals surface area contributed by atoms with E-state index in [1.165, 1.54) is 50.6 Å². The number of fused-ring (bicyclic) bond motifs is 2. The van der Waals surface area contributed by atoms with Crippen LogP contribution in [0.1, 0.15) is 38.7 Å². The summed E-state index contributed by atoms with van der Waals surface area (Å²) < 4.78 is 26.0. The van der Waals surface area contributed by atoms with Crippen LogP contribution in [-0.2, 0) is 0 Å². The van der Waals surface area contributed by atoms with E-state index in [0.29, 0.717) is 50.9 Å². The predicted octanol–water partition coefficient (Wildman–Crippen LogP) is 4.44. The highest BCUT2D eigenvalue weighted by atomic mass is 19.3. The van der Waals surface area contributed by atoms with Gasteiger partial charge in [-0.05, 0) is 61.4 Å². The maximum Gasteiger partial charge on any atom is 0.333 e. The Labute approximate surface area is 184 Å². The molecule has 7 nitrogen and oxygen atoms in total.